The van der Waals surface area contributed by atoms with Gasteiger partial charge in [-0.05, 0) is 51.7 Å². The largest absolute Gasteiger partial charge is 2.00 e. The summed E-state index contributed by atoms with van der Waals surface area (Å²) in [4.78, 5) is 0. The molecule has 4 aliphatic rings. The molecule has 0 bridgehead atoms. The van der Waals surface area contributed by atoms with Crippen molar-refractivity contribution in [2.75, 3.05) is 13.2 Å². The molecule has 0 saturated heterocycles. The molecule has 0 aromatic heterocycles. The van der Waals surface area contributed by atoms with Gasteiger partial charge in [0, 0.05) is 13.2 Å². The number of hydrogen-bond donors (Lipinski definition) is 0. The molecule has 0 heterocycles. The van der Waals surface area contributed by atoms with Crippen LogP contribution in [0.5, 0.6) is 0 Å². The topological polar surface area (TPSA) is 18.5 Å². The molecular weight excluding hydrogens is 639 g/mol. The molecular formula is C32H46Cl2O2Si2Ti2. The maximum Gasteiger partial charge on any atom is 2.00 e. The second-order valence-corrected chi connectivity index (χ2v) is 20.3. The Hall–Kier alpha value is 0.282. The van der Waals surface area contributed by atoms with Crippen LogP contribution in [-0.4, -0.2) is 39.8 Å². The molecule has 0 spiro atoms. The Morgan fingerprint density at radius 3 is 1.27 bits per heavy atom. The smallest absolute Gasteiger partial charge is 1.00 e. The van der Waals surface area contributed by atoms with Crippen molar-refractivity contribution in [2.24, 2.45) is 0 Å². The van der Waals surface area contributed by atoms with Gasteiger partial charge in [0.25, 0.3) is 0 Å². The zero-order chi connectivity index (χ0) is 26.5. The predicted octanol–water partition coefficient (Wildman–Crippen LogP) is 2.29. The summed E-state index contributed by atoms with van der Waals surface area (Å²) in [6.45, 7) is 19.8. The van der Waals surface area contributed by atoms with E-state index in [1.54, 1.807) is 0 Å². The molecule has 0 amide bonds. The summed E-state index contributed by atoms with van der Waals surface area (Å²) in [6, 6.07) is 0. The molecule has 0 radical (unpaired) electrons. The van der Waals surface area contributed by atoms with E-state index >= 15 is 0 Å². The van der Waals surface area contributed by atoms with Crippen LogP contribution in [0.2, 0.25) is 26.2 Å². The monoisotopic (exact) mass is 684 g/mol. The van der Waals surface area contributed by atoms with E-state index < -0.39 is 16.1 Å². The molecule has 0 aromatic carbocycles. The molecule has 0 saturated carbocycles. The maximum absolute atomic E-state index is 6.31. The summed E-state index contributed by atoms with van der Waals surface area (Å²) >= 11 is 0. The van der Waals surface area contributed by atoms with Crippen LogP contribution in [0.25, 0.3) is 0 Å². The Morgan fingerprint density at radius 2 is 1.02 bits per heavy atom. The first-order valence-electron chi connectivity index (χ1n) is 13.6. The van der Waals surface area contributed by atoms with Crippen molar-refractivity contribution in [1.29, 1.82) is 0 Å². The first-order valence-corrected chi connectivity index (χ1v) is 19.6. The van der Waals surface area contributed by atoms with Crippen molar-refractivity contribution in [2.45, 2.75) is 90.0 Å². The first kappa shape index (κ1) is 42.4. The molecule has 2 unspecified atom stereocenters. The number of allylic oxidation sites excluding steroid dienone is 12. The van der Waals surface area contributed by atoms with Gasteiger partial charge in [-0.3, -0.25) is 12.2 Å². The normalized spacial score (nSPS) is 24.6. The van der Waals surface area contributed by atoms with E-state index in [1.165, 1.54) is 21.5 Å². The zero-order valence-electron chi connectivity index (χ0n) is 25.6. The molecule has 4 rings (SSSR count). The maximum atomic E-state index is 6.31. The molecule has 216 valence electrons. The van der Waals surface area contributed by atoms with Gasteiger partial charge in [0.2, 0.25) is 0 Å². The van der Waals surface area contributed by atoms with E-state index in [4.69, 9.17) is 9.47 Å². The SMILES string of the molecule is CCOC1([Si](C)(C)C2=[C-]CC=C2)CC=CC=C1C.CCOC1([Si](C)(C)C2=[C-]CC=C2)CC=CC=C1C.[Cl-].[Cl-].[Ti+2].[Ti+2]. The molecule has 0 aromatic rings. The fourth-order valence-corrected chi connectivity index (χ4v) is 13.7. The average Bonchev–Trinajstić information content (AvgIpc) is 3.58. The Bertz CT molecular complexity index is 987. The van der Waals surface area contributed by atoms with Crippen molar-refractivity contribution < 1.29 is 77.7 Å². The van der Waals surface area contributed by atoms with E-state index in [2.05, 4.69) is 127 Å². The molecule has 4 aliphatic carbocycles. The standard InChI is InChI=1S/2C16H23OSi.2ClH.2Ti/c2*1-5-17-16(13-9-8-10-14(16)2)18(3,4)15-11-6-7-12-15;;;;/h2*6,8-11H,5,7,13H2,1-4H3;2*1H;;/q2*-1;;;2*+2/p-2. The quantitative estimate of drug-likeness (QED) is 0.289. The third kappa shape index (κ3) is 8.26. The number of hydrogen-bond acceptors (Lipinski definition) is 2. The minimum atomic E-state index is -1.73. The number of ether oxygens (including phenoxy) is 2. The van der Waals surface area contributed by atoms with Crippen LogP contribution in [-0.2, 0) is 52.9 Å². The van der Waals surface area contributed by atoms with Gasteiger partial charge in [-0.2, -0.15) is 12.2 Å². The number of rotatable bonds is 8. The van der Waals surface area contributed by atoms with Gasteiger partial charge in [-0.1, -0.05) is 62.6 Å². The van der Waals surface area contributed by atoms with Crippen LogP contribution in [0.3, 0.4) is 0 Å². The van der Waals surface area contributed by atoms with Gasteiger partial charge in [0.1, 0.15) is 0 Å². The summed E-state index contributed by atoms with van der Waals surface area (Å²) in [6.07, 6.45) is 33.2. The Kier molecular flexibility index (Phi) is 19.3. The average molecular weight is 686 g/mol. The van der Waals surface area contributed by atoms with Crippen LogP contribution in [0.15, 0.2) is 82.3 Å². The van der Waals surface area contributed by atoms with E-state index in [0.717, 1.165) is 38.9 Å². The van der Waals surface area contributed by atoms with Crippen molar-refractivity contribution in [3.63, 3.8) is 0 Å². The summed E-state index contributed by atoms with van der Waals surface area (Å²) in [7, 11) is -3.45. The summed E-state index contributed by atoms with van der Waals surface area (Å²) in [5.41, 5.74) is 2.75. The van der Waals surface area contributed by atoms with Crippen LogP contribution in [0.4, 0.5) is 0 Å². The van der Waals surface area contributed by atoms with E-state index in [9.17, 15) is 0 Å². The third-order valence-corrected chi connectivity index (χ3v) is 17.5. The van der Waals surface area contributed by atoms with E-state index in [1.807, 2.05) is 0 Å². The van der Waals surface area contributed by atoms with Crippen molar-refractivity contribution in [3.05, 3.63) is 94.5 Å². The van der Waals surface area contributed by atoms with Gasteiger partial charge in [0.05, 0.1) is 26.6 Å². The first-order chi connectivity index (χ1) is 17.1. The predicted molar refractivity (Wildman–Crippen MR) is 160 cm³/mol. The Balaban J connectivity index is 0. The van der Waals surface area contributed by atoms with Gasteiger partial charge < -0.3 is 34.3 Å². The molecule has 2 nitrogen and oxygen atoms in total. The third-order valence-electron chi connectivity index (χ3n) is 8.59. The molecule has 40 heavy (non-hydrogen) atoms. The minimum absolute atomic E-state index is 0. The second kappa shape index (κ2) is 18.2. The van der Waals surface area contributed by atoms with Gasteiger partial charge in [-0.15, -0.1) is 12.8 Å². The second-order valence-electron chi connectivity index (χ2n) is 11.1. The summed E-state index contributed by atoms with van der Waals surface area (Å²) < 4.78 is 12.6. The Morgan fingerprint density at radius 1 is 0.675 bits per heavy atom. The van der Waals surface area contributed by atoms with Crippen LogP contribution in [0.1, 0.15) is 53.4 Å². The fourth-order valence-electron chi connectivity index (χ4n) is 6.28. The zero-order valence-corrected chi connectivity index (χ0v) is 32.2. The molecule has 0 aliphatic heterocycles. The van der Waals surface area contributed by atoms with Crippen LogP contribution < -0.4 is 24.8 Å². The van der Waals surface area contributed by atoms with Gasteiger partial charge >= 0.3 is 43.4 Å². The number of halogens is 2. The van der Waals surface area contributed by atoms with Crippen molar-refractivity contribution in [3.8, 4) is 0 Å². The molecule has 8 heteroatoms. The molecule has 2 atom stereocenters. The van der Waals surface area contributed by atoms with Crippen LogP contribution in [0, 0.1) is 12.2 Å². The van der Waals surface area contributed by atoms with E-state index in [-0.39, 0.29) is 78.7 Å². The summed E-state index contributed by atoms with van der Waals surface area (Å²) in [5, 5.41) is 2.65. The molecule has 0 N–H and O–H groups in total. The Labute approximate surface area is 289 Å². The van der Waals surface area contributed by atoms with E-state index in [0.29, 0.717) is 0 Å². The summed E-state index contributed by atoms with van der Waals surface area (Å²) in [5.74, 6) is 0. The van der Waals surface area contributed by atoms with Crippen molar-refractivity contribution >= 4 is 16.1 Å². The van der Waals surface area contributed by atoms with Gasteiger partial charge in [0.15, 0.2) is 0 Å². The van der Waals surface area contributed by atoms with Gasteiger partial charge in [-0.25, -0.2) is 22.5 Å². The van der Waals surface area contributed by atoms with Crippen molar-refractivity contribution in [1.82, 2.24) is 0 Å². The fraction of sp³-hybridized carbons (Fsp3) is 0.500. The van der Waals surface area contributed by atoms with Crippen LogP contribution >= 0.6 is 0 Å². The molecule has 0 fully saturated rings. The minimum Gasteiger partial charge on any atom is -1.00 e.